The predicted octanol–water partition coefficient (Wildman–Crippen LogP) is 1.48. The Morgan fingerprint density at radius 2 is 2.00 bits per heavy atom. The van der Waals surface area contributed by atoms with Crippen molar-refractivity contribution in [3.8, 4) is 0 Å². The summed E-state index contributed by atoms with van der Waals surface area (Å²) >= 11 is 0. The van der Waals surface area contributed by atoms with E-state index >= 15 is 0 Å². The highest BCUT2D eigenvalue weighted by Gasteiger charge is 2.13. The normalized spacial score (nSPS) is 13.5. The van der Waals surface area contributed by atoms with E-state index in [2.05, 4.69) is 31.0 Å². The second-order valence-corrected chi connectivity index (χ2v) is 5.15. The molecule has 0 saturated heterocycles. The smallest absolute Gasteiger partial charge is 0.0791 e. The average molecular weight is 260 g/mol. The van der Waals surface area contributed by atoms with Gasteiger partial charge in [-0.2, -0.15) is 0 Å². The number of nitrogens with one attached hydrogen (secondary N) is 1. The lowest BCUT2D eigenvalue weighted by atomic mass is 10.2. The maximum absolute atomic E-state index is 9.98. The lowest BCUT2D eigenvalue weighted by Crippen LogP contribution is -2.42. The molecule has 0 radical (unpaired) electrons. The van der Waals surface area contributed by atoms with Crippen LogP contribution in [0.2, 0.25) is 0 Å². The molecule has 0 saturated carbocycles. The van der Waals surface area contributed by atoms with Gasteiger partial charge in [0.05, 0.1) is 12.7 Å². The maximum atomic E-state index is 9.98. The van der Waals surface area contributed by atoms with Crippen LogP contribution in [0.5, 0.6) is 0 Å². The van der Waals surface area contributed by atoms with E-state index in [1.807, 2.05) is 0 Å². The van der Waals surface area contributed by atoms with Crippen LogP contribution in [0, 0.1) is 0 Å². The van der Waals surface area contributed by atoms with Crippen molar-refractivity contribution >= 4 is 0 Å². The fourth-order valence-corrected chi connectivity index (χ4v) is 1.90. The third-order valence-electron chi connectivity index (χ3n) is 3.09. The molecule has 0 aromatic rings. The van der Waals surface area contributed by atoms with Gasteiger partial charge in [0.25, 0.3) is 0 Å². The molecule has 110 valence electrons. The molecule has 0 aliphatic heterocycles. The second-order valence-electron chi connectivity index (χ2n) is 5.15. The molecule has 1 atom stereocenters. The monoisotopic (exact) mass is 260 g/mol. The fourth-order valence-electron chi connectivity index (χ4n) is 1.90. The first kappa shape index (κ1) is 17.8. The Morgan fingerprint density at radius 3 is 2.56 bits per heavy atom. The van der Waals surface area contributed by atoms with Crippen LogP contribution in [0.15, 0.2) is 0 Å². The number of rotatable bonds is 12. The van der Waals surface area contributed by atoms with Gasteiger partial charge in [0, 0.05) is 32.8 Å². The number of nitrogens with zero attached hydrogens (tertiary/aromatic N) is 1. The van der Waals surface area contributed by atoms with Gasteiger partial charge in [-0.25, -0.2) is 0 Å². The van der Waals surface area contributed by atoms with E-state index in [4.69, 9.17) is 4.74 Å². The molecule has 0 aliphatic rings. The number of aliphatic hydroxyl groups excluding tert-OH is 1. The number of methoxy groups -OCH3 is 1. The first-order valence-corrected chi connectivity index (χ1v) is 7.23. The highest BCUT2D eigenvalue weighted by Crippen LogP contribution is 2.04. The van der Waals surface area contributed by atoms with E-state index in [9.17, 15) is 5.11 Å². The molecule has 0 amide bonds. The minimum atomic E-state index is -0.300. The summed E-state index contributed by atoms with van der Waals surface area (Å²) in [5, 5.41) is 13.2. The molecule has 0 rings (SSSR count). The molecule has 1 unspecified atom stereocenters. The summed E-state index contributed by atoms with van der Waals surface area (Å²) in [6.07, 6.45) is 3.43. The van der Waals surface area contributed by atoms with Gasteiger partial charge in [0.15, 0.2) is 0 Å². The summed E-state index contributed by atoms with van der Waals surface area (Å²) in [6.45, 7) is 10.6. The van der Waals surface area contributed by atoms with Crippen molar-refractivity contribution in [3.05, 3.63) is 0 Å². The summed E-state index contributed by atoms with van der Waals surface area (Å²) in [4.78, 5) is 2.36. The number of hydrogen-bond acceptors (Lipinski definition) is 4. The zero-order valence-electron chi connectivity index (χ0n) is 12.6. The lowest BCUT2D eigenvalue weighted by Gasteiger charge is -2.28. The van der Waals surface area contributed by atoms with Crippen LogP contribution in [-0.2, 0) is 4.74 Å². The first-order valence-electron chi connectivity index (χ1n) is 7.23. The Bertz CT molecular complexity index is 177. The van der Waals surface area contributed by atoms with Gasteiger partial charge in [-0.15, -0.1) is 0 Å². The van der Waals surface area contributed by atoms with E-state index in [0.717, 1.165) is 19.6 Å². The minimum Gasteiger partial charge on any atom is -0.390 e. The Balaban J connectivity index is 3.77. The number of aliphatic hydroxyl groups is 1. The molecule has 0 heterocycles. The van der Waals surface area contributed by atoms with E-state index in [1.165, 1.54) is 19.3 Å². The molecule has 18 heavy (non-hydrogen) atoms. The minimum absolute atomic E-state index is 0.300. The molecule has 0 bridgehead atoms. The summed E-state index contributed by atoms with van der Waals surface area (Å²) < 4.78 is 4.95. The molecule has 4 heteroatoms. The van der Waals surface area contributed by atoms with Crippen LogP contribution in [0.4, 0.5) is 0 Å². The Hall–Kier alpha value is -0.160. The van der Waals surface area contributed by atoms with Gasteiger partial charge < -0.3 is 15.2 Å². The van der Waals surface area contributed by atoms with Crippen molar-refractivity contribution in [2.45, 2.75) is 52.2 Å². The van der Waals surface area contributed by atoms with Crippen molar-refractivity contribution < 1.29 is 9.84 Å². The van der Waals surface area contributed by atoms with Crippen LogP contribution in [-0.4, -0.2) is 62.0 Å². The van der Waals surface area contributed by atoms with Crippen LogP contribution in [0.3, 0.4) is 0 Å². The van der Waals surface area contributed by atoms with Crippen LogP contribution < -0.4 is 5.32 Å². The van der Waals surface area contributed by atoms with Crippen molar-refractivity contribution in [2.75, 3.05) is 39.9 Å². The quantitative estimate of drug-likeness (QED) is 0.522. The predicted molar refractivity (Wildman–Crippen MR) is 77.0 cm³/mol. The molecule has 2 N–H and O–H groups in total. The van der Waals surface area contributed by atoms with Gasteiger partial charge in [-0.05, 0) is 26.8 Å². The van der Waals surface area contributed by atoms with Gasteiger partial charge >= 0.3 is 0 Å². The summed E-state index contributed by atoms with van der Waals surface area (Å²) in [7, 11) is 1.69. The summed E-state index contributed by atoms with van der Waals surface area (Å²) in [5.74, 6) is 0. The summed E-state index contributed by atoms with van der Waals surface area (Å²) in [6, 6.07) is 0.496. The molecule has 0 fully saturated rings. The zero-order chi connectivity index (χ0) is 13.8. The molecule has 0 spiro atoms. The van der Waals surface area contributed by atoms with Gasteiger partial charge in [0.1, 0.15) is 0 Å². The van der Waals surface area contributed by atoms with Gasteiger partial charge in [-0.3, -0.25) is 4.90 Å². The van der Waals surface area contributed by atoms with Gasteiger partial charge in [0.2, 0.25) is 0 Å². The van der Waals surface area contributed by atoms with Crippen LogP contribution in [0.25, 0.3) is 0 Å². The van der Waals surface area contributed by atoms with E-state index in [-0.39, 0.29) is 6.10 Å². The van der Waals surface area contributed by atoms with Crippen LogP contribution in [0.1, 0.15) is 40.0 Å². The van der Waals surface area contributed by atoms with E-state index in [1.54, 1.807) is 7.11 Å². The van der Waals surface area contributed by atoms with Crippen LogP contribution >= 0.6 is 0 Å². The third-order valence-corrected chi connectivity index (χ3v) is 3.09. The third kappa shape index (κ3) is 9.83. The highest BCUT2D eigenvalue weighted by molar-refractivity contribution is 4.70. The second kappa shape index (κ2) is 11.9. The molecular weight excluding hydrogens is 228 g/mol. The highest BCUT2D eigenvalue weighted by atomic mass is 16.5. The zero-order valence-corrected chi connectivity index (χ0v) is 12.6. The first-order chi connectivity index (χ1) is 8.61. The average Bonchev–Trinajstić information content (AvgIpc) is 2.33. The topological polar surface area (TPSA) is 44.7 Å². The number of hydrogen-bond donors (Lipinski definition) is 2. The molecule has 0 aromatic heterocycles. The SMILES string of the molecule is CCCCCN(CC(O)CNCCOC)C(C)C. The fraction of sp³-hybridized carbons (Fsp3) is 1.00. The van der Waals surface area contributed by atoms with E-state index < -0.39 is 0 Å². The van der Waals surface area contributed by atoms with Gasteiger partial charge in [-0.1, -0.05) is 19.8 Å². The van der Waals surface area contributed by atoms with E-state index in [0.29, 0.717) is 19.2 Å². The van der Waals surface area contributed by atoms with Crippen molar-refractivity contribution in [1.29, 1.82) is 0 Å². The lowest BCUT2D eigenvalue weighted by molar-refractivity contribution is 0.0913. The number of unbranched alkanes of at least 4 members (excludes halogenated alkanes) is 2. The molecule has 0 aliphatic carbocycles. The molecule has 4 nitrogen and oxygen atoms in total. The summed E-state index contributed by atoms with van der Waals surface area (Å²) in [5.41, 5.74) is 0. The Labute approximate surface area is 113 Å². The largest absolute Gasteiger partial charge is 0.390 e. The van der Waals surface area contributed by atoms with Crippen molar-refractivity contribution in [1.82, 2.24) is 10.2 Å². The Kier molecular flexibility index (Phi) is 11.8. The standard InChI is InChI=1S/C14H32N2O2/c1-5-6-7-9-16(13(2)3)12-14(17)11-15-8-10-18-4/h13-15,17H,5-12H2,1-4H3. The Morgan fingerprint density at radius 1 is 1.28 bits per heavy atom. The van der Waals surface area contributed by atoms with Crippen molar-refractivity contribution in [2.24, 2.45) is 0 Å². The maximum Gasteiger partial charge on any atom is 0.0791 e. The molecular formula is C14H32N2O2. The molecule has 0 aromatic carbocycles. The van der Waals surface area contributed by atoms with Crippen molar-refractivity contribution in [3.63, 3.8) is 0 Å². The number of ether oxygens (including phenoxy) is 1.